The van der Waals surface area contributed by atoms with Gasteiger partial charge >= 0.3 is 5.97 Å². The van der Waals surface area contributed by atoms with Gasteiger partial charge in [-0.05, 0) is 45.7 Å². The molecule has 24 heavy (non-hydrogen) atoms. The number of carbonyl (C=O) groups is 1. The predicted octanol–water partition coefficient (Wildman–Crippen LogP) is 3.25. The molecule has 1 N–H and O–H groups in total. The number of anilines is 1. The molecule has 1 aliphatic carbocycles. The van der Waals surface area contributed by atoms with Crippen molar-refractivity contribution in [2.75, 3.05) is 11.9 Å². The van der Waals surface area contributed by atoms with E-state index in [1.807, 2.05) is 6.92 Å². The second-order valence-corrected chi connectivity index (χ2v) is 6.16. The molecule has 1 saturated carbocycles. The number of nitrogens with one attached hydrogen (secondary N) is 1. The summed E-state index contributed by atoms with van der Waals surface area (Å²) in [5, 5.41) is 7.38. The summed E-state index contributed by atoms with van der Waals surface area (Å²) < 4.78 is 21.2. The van der Waals surface area contributed by atoms with Gasteiger partial charge in [-0.1, -0.05) is 0 Å². The smallest absolute Gasteiger partial charge is 0.341 e. The summed E-state index contributed by atoms with van der Waals surface area (Å²) in [6.45, 7) is 6.43. The largest absolute Gasteiger partial charge is 0.462 e. The van der Waals surface area contributed by atoms with Crippen LogP contribution in [-0.2, 0) is 11.3 Å². The zero-order valence-corrected chi connectivity index (χ0v) is 14.1. The van der Waals surface area contributed by atoms with Gasteiger partial charge in [-0.25, -0.2) is 9.78 Å². The third-order valence-electron chi connectivity index (χ3n) is 4.17. The molecule has 0 unspecified atom stereocenters. The van der Waals surface area contributed by atoms with Gasteiger partial charge in [0.1, 0.15) is 11.4 Å². The lowest BCUT2D eigenvalue weighted by Crippen LogP contribution is -2.17. The van der Waals surface area contributed by atoms with Crippen LogP contribution in [0.2, 0.25) is 0 Å². The van der Waals surface area contributed by atoms with E-state index in [2.05, 4.69) is 22.3 Å². The zero-order valence-electron chi connectivity index (χ0n) is 14.1. The van der Waals surface area contributed by atoms with Gasteiger partial charge in [0, 0.05) is 12.1 Å². The first-order valence-corrected chi connectivity index (χ1v) is 8.15. The van der Waals surface area contributed by atoms with Gasteiger partial charge in [-0.2, -0.15) is 9.49 Å². The van der Waals surface area contributed by atoms with E-state index in [0.717, 1.165) is 12.8 Å². The number of aromatic nitrogens is 3. The van der Waals surface area contributed by atoms with E-state index in [0.29, 0.717) is 18.1 Å². The maximum absolute atomic E-state index is 14.6. The van der Waals surface area contributed by atoms with E-state index in [-0.39, 0.29) is 23.3 Å². The highest BCUT2D eigenvalue weighted by molar-refractivity contribution is 5.96. The van der Waals surface area contributed by atoms with Crippen LogP contribution in [0.1, 0.15) is 44.0 Å². The molecule has 7 heteroatoms. The van der Waals surface area contributed by atoms with Crippen LogP contribution in [-0.4, -0.2) is 32.9 Å². The molecule has 0 amide bonds. The quantitative estimate of drug-likeness (QED) is 0.649. The van der Waals surface area contributed by atoms with Crippen molar-refractivity contribution in [2.24, 2.45) is 0 Å². The van der Waals surface area contributed by atoms with Crippen LogP contribution >= 0.6 is 0 Å². The Morgan fingerprint density at radius 2 is 2.17 bits per heavy atom. The Morgan fingerprint density at radius 3 is 2.75 bits per heavy atom. The lowest BCUT2D eigenvalue weighted by atomic mass is 10.1. The molecular formula is C17H21FN4O2. The van der Waals surface area contributed by atoms with Crippen LogP contribution in [0.4, 0.5) is 10.2 Å². The molecule has 0 spiro atoms. The second kappa shape index (κ2) is 6.22. The summed E-state index contributed by atoms with van der Waals surface area (Å²) in [7, 11) is 0. The molecule has 2 heterocycles. The van der Waals surface area contributed by atoms with Gasteiger partial charge in [0.25, 0.3) is 0 Å². The fourth-order valence-electron chi connectivity index (χ4n) is 2.57. The summed E-state index contributed by atoms with van der Waals surface area (Å²) in [5.41, 5.74) is 0.894. The molecule has 0 aliphatic heterocycles. The number of carbonyl (C=O) groups excluding carboxylic acids is 1. The Morgan fingerprint density at radius 1 is 1.42 bits per heavy atom. The molecule has 2 aromatic rings. The van der Waals surface area contributed by atoms with Crippen LogP contribution in [0, 0.1) is 5.95 Å². The first kappa shape index (κ1) is 16.4. The third-order valence-corrected chi connectivity index (χ3v) is 4.17. The minimum Gasteiger partial charge on any atom is -0.462 e. The fourth-order valence-corrected chi connectivity index (χ4v) is 2.57. The van der Waals surface area contributed by atoms with E-state index in [4.69, 9.17) is 4.74 Å². The van der Waals surface area contributed by atoms with Gasteiger partial charge < -0.3 is 10.1 Å². The Kier molecular flexibility index (Phi) is 4.26. The second-order valence-electron chi connectivity index (χ2n) is 6.16. The average Bonchev–Trinajstić information content (AvgIpc) is 3.11. The molecule has 128 valence electrons. The maximum Gasteiger partial charge on any atom is 0.341 e. The standard InChI is InChI=1S/C17H21FN4O2/c1-4-22-14(12(10-19-22)16(23)24-5-2)11-6-7-13(20-15(11)18)21-17(3)8-9-17/h6-7,10H,4-5,8-9H2,1-3H3,(H,20,21). The predicted molar refractivity (Wildman–Crippen MR) is 88.3 cm³/mol. The van der Waals surface area contributed by atoms with Crippen molar-refractivity contribution in [3.63, 3.8) is 0 Å². The fraction of sp³-hybridized carbons (Fsp3) is 0.471. The van der Waals surface area contributed by atoms with Gasteiger partial charge in [-0.15, -0.1) is 0 Å². The van der Waals surface area contributed by atoms with Crippen molar-refractivity contribution in [2.45, 2.75) is 45.7 Å². The van der Waals surface area contributed by atoms with Crippen molar-refractivity contribution in [1.29, 1.82) is 0 Å². The minimum absolute atomic E-state index is 0.0161. The summed E-state index contributed by atoms with van der Waals surface area (Å²) >= 11 is 0. The van der Waals surface area contributed by atoms with E-state index in [9.17, 15) is 9.18 Å². The normalized spacial score (nSPS) is 15.2. The van der Waals surface area contributed by atoms with Crippen molar-refractivity contribution >= 4 is 11.8 Å². The number of pyridine rings is 1. The van der Waals surface area contributed by atoms with Crippen LogP contribution in [0.15, 0.2) is 18.3 Å². The average molecular weight is 332 g/mol. The summed E-state index contributed by atoms with van der Waals surface area (Å²) in [4.78, 5) is 16.1. The molecule has 3 rings (SSSR count). The molecule has 6 nitrogen and oxygen atoms in total. The van der Waals surface area contributed by atoms with Crippen LogP contribution in [0.25, 0.3) is 11.3 Å². The SMILES string of the molecule is CCOC(=O)c1cnn(CC)c1-c1ccc(NC2(C)CC2)nc1F. The Labute approximate surface area is 140 Å². The monoisotopic (exact) mass is 332 g/mol. The Balaban J connectivity index is 1.98. The molecule has 0 atom stereocenters. The van der Waals surface area contributed by atoms with Gasteiger partial charge in [-0.3, -0.25) is 4.68 Å². The third kappa shape index (κ3) is 3.11. The summed E-state index contributed by atoms with van der Waals surface area (Å²) in [6.07, 6.45) is 3.51. The van der Waals surface area contributed by atoms with Crippen molar-refractivity contribution < 1.29 is 13.9 Å². The van der Waals surface area contributed by atoms with Gasteiger partial charge in [0.15, 0.2) is 0 Å². The number of aryl methyl sites for hydroxylation is 1. The van der Waals surface area contributed by atoms with E-state index in [1.165, 1.54) is 6.20 Å². The molecule has 0 radical (unpaired) electrons. The first-order chi connectivity index (χ1) is 11.5. The van der Waals surface area contributed by atoms with Crippen LogP contribution < -0.4 is 5.32 Å². The molecule has 1 fully saturated rings. The van der Waals surface area contributed by atoms with E-state index < -0.39 is 11.9 Å². The lowest BCUT2D eigenvalue weighted by molar-refractivity contribution is 0.0527. The highest BCUT2D eigenvalue weighted by Crippen LogP contribution is 2.38. The van der Waals surface area contributed by atoms with Crippen LogP contribution in [0.5, 0.6) is 0 Å². The molecule has 1 aliphatic rings. The summed E-state index contributed by atoms with van der Waals surface area (Å²) in [6, 6.07) is 3.35. The summed E-state index contributed by atoms with van der Waals surface area (Å²) in [5.74, 6) is -0.652. The maximum atomic E-state index is 14.6. The molecule has 0 aromatic carbocycles. The Hall–Kier alpha value is -2.44. The molecular weight excluding hydrogens is 311 g/mol. The molecule has 0 saturated heterocycles. The molecule has 2 aromatic heterocycles. The van der Waals surface area contributed by atoms with Crippen LogP contribution in [0.3, 0.4) is 0 Å². The zero-order chi connectivity index (χ0) is 17.3. The van der Waals surface area contributed by atoms with Crippen molar-refractivity contribution in [1.82, 2.24) is 14.8 Å². The number of esters is 1. The highest BCUT2D eigenvalue weighted by Gasteiger charge is 2.37. The first-order valence-electron chi connectivity index (χ1n) is 8.15. The van der Waals surface area contributed by atoms with Gasteiger partial charge in [0.05, 0.1) is 24.1 Å². The highest BCUT2D eigenvalue weighted by atomic mass is 19.1. The van der Waals surface area contributed by atoms with Crippen molar-refractivity contribution in [3.8, 4) is 11.3 Å². The number of halogens is 1. The number of rotatable bonds is 6. The number of nitrogens with zero attached hydrogens (tertiary/aromatic N) is 3. The Bertz CT molecular complexity index is 768. The number of ether oxygens (including phenoxy) is 1. The van der Waals surface area contributed by atoms with E-state index >= 15 is 0 Å². The van der Waals surface area contributed by atoms with E-state index in [1.54, 1.807) is 23.7 Å². The minimum atomic E-state index is -0.634. The lowest BCUT2D eigenvalue weighted by Gasteiger charge is -2.14. The number of hydrogen-bond donors (Lipinski definition) is 1. The number of hydrogen-bond acceptors (Lipinski definition) is 5. The van der Waals surface area contributed by atoms with Crippen molar-refractivity contribution in [3.05, 3.63) is 29.8 Å². The van der Waals surface area contributed by atoms with Gasteiger partial charge in [0.2, 0.25) is 5.95 Å². The topological polar surface area (TPSA) is 69.0 Å². The molecule has 0 bridgehead atoms.